The molecule has 0 aromatic carbocycles. The number of alkyl halides is 5. The maximum Gasteiger partial charge on any atom is 0.454 e. The molecule has 0 spiro atoms. The molecule has 8 nitrogen and oxygen atoms in total. The van der Waals surface area contributed by atoms with Gasteiger partial charge in [0.05, 0.1) is 29.0 Å². The van der Waals surface area contributed by atoms with Crippen LogP contribution >= 0.6 is 0 Å². The van der Waals surface area contributed by atoms with E-state index in [9.17, 15) is 31.5 Å². The summed E-state index contributed by atoms with van der Waals surface area (Å²) in [6.45, 7) is -0.450. The van der Waals surface area contributed by atoms with Crippen molar-refractivity contribution in [3.8, 4) is 0 Å². The maximum atomic E-state index is 15.4. The Kier molecular flexibility index (Phi) is 5.69. The van der Waals surface area contributed by atoms with E-state index in [1.165, 1.54) is 16.6 Å². The molecule has 1 saturated heterocycles. The van der Waals surface area contributed by atoms with Crippen LogP contribution in [0.5, 0.6) is 0 Å². The number of ether oxygens (including phenoxy) is 1. The number of fused-ring (bicyclic) bond motifs is 1. The number of nitrogens with zero attached hydrogens (tertiary/aromatic N) is 2. The van der Waals surface area contributed by atoms with Gasteiger partial charge in [0.1, 0.15) is 11.9 Å². The van der Waals surface area contributed by atoms with Crippen molar-refractivity contribution in [2.75, 3.05) is 20.2 Å². The molecule has 184 valence electrons. The fourth-order valence-electron chi connectivity index (χ4n) is 4.80. The number of hydrogen-bond donors (Lipinski definition) is 3. The third kappa shape index (κ3) is 3.67. The molecule has 4 unspecified atom stereocenters. The van der Waals surface area contributed by atoms with Crippen molar-refractivity contribution in [1.82, 2.24) is 14.5 Å². The van der Waals surface area contributed by atoms with E-state index in [-0.39, 0.29) is 36.8 Å². The lowest BCUT2D eigenvalue weighted by Gasteiger charge is -2.38. The summed E-state index contributed by atoms with van der Waals surface area (Å²) in [4.78, 5) is 28.4. The molecule has 0 radical (unpaired) electrons. The number of aromatic nitrogens is 2. The van der Waals surface area contributed by atoms with Crippen LogP contribution in [0.25, 0.3) is 5.70 Å². The zero-order valence-corrected chi connectivity index (χ0v) is 17.5. The Balaban J connectivity index is 1.72. The number of likely N-dealkylation sites (tertiary alicyclic amines) is 1. The normalized spacial score (nSPS) is 27.7. The zero-order valence-electron chi connectivity index (χ0n) is 17.5. The monoisotopic (exact) mass is 483 g/mol. The highest BCUT2D eigenvalue weighted by atomic mass is 19.4. The summed E-state index contributed by atoms with van der Waals surface area (Å²) in [6, 6.07) is -4.11. The second-order valence-corrected chi connectivity index (χ2v) is 8.67. The van der Waals surface area contributed by atoms with Gasteiger partial charge in [0.2, 0.25) is 0 Å². The molecule has 33 heavy (non-hydrogen) atoms. The average Bonchev–Trinajstić information content (AvgIpc) is 3.44. The number of nitrogens with two attached hydrogens (primary N) is 2. The second kappa shape index (κ2) is 7.87. The Morgan fingerprint density at radius 3 is 2.33 bits per heavy atom. The van der Waals surface area contributed by atoms with Gasteiger partial charge in [-0.25, -0.2) is 9.18 Å². The van der Waals surface area contributed by atoms with Crippen molar-refractivity contribution < 1.29 is 31.1 Å². The molecule has 1 aromatic heterocycles. The SMILES string of the molecule is COC1c2c(c(=O)[nH]c(=O)n2C2CC2)C(N)=C(F)C1N1CCC(C(N)C(F)(F)C(F)(F)F)C1. The van der Waals surface area contributed by atoms with Gasteiger partial charge in [0, 0.05) is 19.7 Å². The topological polar surface area (TPSA) is 119 Å². The summed E-state index contributed by atoms with van der Waals surface area (Å²) < 4.78 is 88.1. The molecule has 1 aliphatic heterocycles. The summed E-state index contributed by atoms with van der Waals surface area (Å²) in [5.74, 6) is -7.40. The Bertz CT molecular complexity index is 1090. The van der Waals surface area contributed by atoms with Gasteiger partial charge in [0.15, 0.2) is 0 Å². The number of aromatic amines is 1. The van der Waals surface area contributed by atoms with E-state index in [0.29, 0.717) is 12.8 Å². The third-order valence-electron chi connectivity index (χ3n) is 6.64. The Morgan fingerprint density at radius 1 is 1.15 bits per heavy atom. The van der Waals surface area contributed by atoms with Crippen LogP contribution in [0.2, 0.25) is 0 Å². The predicted octanol–water partition coefficient (Wildman–Crippen LogP) is 1.38. The summed E-state index contributed by atoms with van der Waals surface area (Å²) in [7, 11) is 1.22. The van der Waals surface area contributed by atoms with E-state index in [2.05, 4.69) is 4.98 Å². The molecule has 2 aliphatic carbocycles. The third-order valence-corrected chi connectivity index (χ3v) is 6.64. The van der Waals surface area contributed by atoms with E-state index in [0.717, 1.165) is 0 Å². The Hall–Kier alpha value is -2.32. The minimum Gasteiger partial charge on any atom is -0.396 e. The van der Waals surface area contributed by atoms with E-state index in [1.54, 1.807) is 0 Å². The predicted molar refractivity (Wildman–Crippen MR) is 104 cm³/mol. The number of halogens is 6. The van der Waals surface area contributed by atoms with E-state index < -0.39 is 59.0 Å². The molecule has 1 aromatic rings. The molecular formula is C19H23F6N5O3. The molecule has 4 atom stereocenters. The summed E-state index contributed by atoms with van der Waals surface area (Å²) in [5, 5.41) is 0. The van der Waals surface area contributed by atoms with Crippen LogP contribution in [0.15, 0.2) is 15.4 Å². The molecular weight excluding hydrogens is 460 g/mol. The molecule has 0 amide bonds. The first kappa shape index (κ1) is 23.8. The number of rotatable bonds is 5. The highest BCUT2D eigenvalue weighted by Crippen LogP contribution is 2.46. The van der Waals surface area contributed by atoms with Crippen LogP contribution in [0.4, 0.5) is 26.3 Å². The highest BCUT2D eigenvalue weighted by molar-refractivity contribution is 5.70. The number of nitrogens with one attached hydrogen (secondary N) is 1. The van der Waals surface area contributed by atoms with Gasteiger partial charge in [-0.3, -0.25) is 19.2 Å². The van der Waals surface area contributed by atoms with Crippen molar-refractivity contribution in [3.63, 3.8) is 0 Å². The molecule has 5 N–H and O–H groups in total. The van der Waals surface area contributed by atoms with Crippen molar-refractivity contribution in [1.29, 1.82) is 0 Å². The zero-order chi connectivity index (χ0) is 24.5. The van der Waals surface area contributed by atoms with Gasteiger partial charge in [-0.1, -0.05) is 0 Å². The smallest absolute Gasteiger partial charge is 0.396 e. The fraction of sp³-hybridized carbons (Fsp3) is 0.684. The van der Waals surface area contributed by atoms with Gasteiger partial charge in [-0.15, -0.1) is 0 Å². The molecule has 4 rings (SSSR count). The lowest BCUT2D eigenvalue weighted by Crippen LogP contribution is -2.56. The first-order valence-corrected chi connectivity index (χ1v) is 10.3. The lowest BCUT2D eigenvalue weighted by molar-refractivity contribution is -0.293. The number of methoxy groups -OCH3 is 1. The summed E-state index contributed by atoms with van der Waals surface area (Å²) in [5.41, 5.74) is 8.88. The van der Waals surface area contributed by atoms with Crippen molar-refractivity contribution in [3.05, 3.63) is 37.9 Å². The molecule has 2 heterocycles. The quantitative estimate of drug-likeness (QED) is 0.545. The first-order valence-electron chi connectivity index (χ1n) is 10.3. The molecule has 1 saturated carbocycles. The van der Waals surface area contributed by atoms with Gasteiger partial charge in [-0.2, -0.15) is 22.0 Å². The van der Waals surface area contributed by atoms with Gasteiger partial charge in [0.25, 0.3) is 5.56 Å². The van der Waals surface area contributed by atoms with Crippen LogP contribution in [0.1, 0.15) is 42.7 Å². The fourth-order valence-corrected chi connectivity index (χ4v) is 4.80. The Morgan fingerprint density at radius 2 is 1.79 bits per heavy atom. The van der Waals surface area contributed by atoms with Crippen LogP contribution in [0, 0.1) is 5.92 Å². The van der Waals surface area contributed by atoms with E-state index in [1.807, 2.05) is 0 Å². The summed E-state index contributed by atoms with van der Waals surface area (Å²) in [6.07, 6.45) is -5.92. The van der Waals surface area contributed by atoms with Crippen molar-refractivity contribution >= 4 is 5.70 Å². The van der Waals surface area contributed by atoms with Crippen LogP contribution in [-0.4, -0.2) is 58.8 Å². The average molecular weight is 483 g/mol. The lowest BCUT2D eigenvalue weighted by atomic mass is 9.91. The standard InChI is InChI=1S/C19H23F6N5O3/c1-33-14-12-9(16(31)28-17(32)30(12)8-2-3-8)11(26)10(20)13(14)29-5-4-7(6-29)15(27)18(21,22)19(23,24)25/h7-8,13-15H,2-6,26-27H2,1H3,(H,28,31,32). The van der Waals surface area contributed by atoms with Crippen LogP contribution in [-0.2, 0) is 4.74 Å². The van der Waals surface area contributed by atoms with Gasteiger partial charge >= 0.3 is 17.8 Å². The van der Waals surface area contributed by atoms with Gasteiger partial charge < -0.3 is 16.2 Å². The number of H-pyrrole nitrogens is 1. The molecule has 3 aliphatic rings. The first-order chi connectivity index (χ1) is 15.3. The largest absolute Gasteiger partial charge is 0.454 e. The van der Waals surface area contributed by atoms with Gasteiger partial charge in [-0.05, 0) is 31.7 Å². The van der Waals surface area contributed by atoms with E-state index >= 15 is 4.39 Å². The Labute approximate surface area is 183 Å². The minimum absolute atomic E-state index is 0.0611. The molecule has 14 heteroatoms. The van der Waals surface area contributed by atoms with Crippen LogP contribution < -0.4 is 22.7 Å². The second-order valence-electron chi connectivity index (χ2n) is 8.67. The summed E-state index contributed by atoms with van der Waals surface area (Å²) >= 11 is 0. The highest BCUT2D eigenvalue weighted by Gasteiger charge is 2.63. The van der Waals surface area contributed by atoms with Crippen LogP contribution in [0.3, 0.4) is 0 Å². The number of hydrogen-bond acceptors (Lipinski definition) is 6. The van der Waals surface area contributed by atoms with Crippen molar-refractivity contribution in [2.24, 2.45) is 17.4 Å². The molecule has 0 bridgehead atoms. The maximum absolute atomic E-state index is 15.4. The van der Waals surface area contributed by atoms with E-state index in [4.69, 9.17) is 16.2 Å². The molecule has 2 fully saturated rings. The minimum atomic E-state index is -5.82. The van der Waals surface area contributed by atoms with Crippen molar-refractivity contribution in [2.45, 2.75) is 55.6 Å².